The van der Waals surface area contributed by atoms with E-state index < -0.39 is 0 Å². The number of anilines is 1. The van der Waals surface area contributed by atoms with E-state index in [-0.39, 0.29) is 5.91 Å². The molecule has 1 fully saturated rings. The Morgan fingerprint density at radius 2 is 2.04 bits per heavy atom. The maximum Gasteiger partial charge on any atom is 0.278 e. The van der Waals surface area contributed by atoms with Crippen LogP contribution in [0.15, 0.2) is 51.9 Å². The number of hydrogen-bond donors (Lipinski definition) is 0. The van der Waals surface area contributed by atoms with Crippen molar-refractivity contribution in [3.05, 3.63) is 58.1 Å². The molecule has 1 amide bonds. The van der Waals surface area contributed by atoms with E-state index in [1.54, 1.807) is 0 Å². The molecule has 140 valence electrons. The number of piperidine rings is 1. The molecule has 5 heteroatoms. The molecule has 0 bridgehead atoms. The Balaban J connectivity index is 1.67. The Kier molecular flexibility index (Phi) is 5.15. The molecular formula is C22H24BrN3O. The SMILES string of the molecule is Cc1ccc(N=C2C(=O)N(CN3CCCC(C)C3)c3ccccc32)cc1Br. The highest BCUT2D eigenvalue weighted by molar-refractivity contribution is 9.10. The van der Waals surface area contributed by atoms with Gasteiger partial charge in [-0.15, -0.1) is 0 Å². The monoisotopic (exact) mass is 425 g/mol. The molecule has 1 unspecified atom stereocenters. The van der Waals surface area contributed by atoms with Gasteiger partial charge in [0.05, 0.1) is 18.0 Å². The minimum atomic E-state index is -0.00822. The second-order valence-corrected chi connectivity index (χ2v) is 8.46. The van der Waals surface area contributed by atoms with Crippen LogP contribution in [-0.2, 0) is 4.79 Å². The molecular weight excluding hydrogens is 402 g/mol. The molecule has 2 aliphatic heterocycles. The van der Waals surface area contributed by atoms with E-state index in [9.17, 15) is 4.79 Å². The molecule has 1 atom stereocenters. The van der Waals surface area contributed by atoms with Crippen LogP contribution >= 0.6 is 15.9 Å². The van der Waals surface area contributed by atoms with Crippen LogP contribution in [0.25, 0.3) is 0 Å². The Hall–Kier alpha value is -1.98. The summed E-state index contributed by atoms with van der Waals surface area (Å²) in [5.41, 5.74) is 4.36. The van der Waals surface area contributed by atoms with Crippen LogP contribution < -0.4 is 4.90 Å². The smallest absolute Gasteiger partial charge is 0.278 e. The van der Waals surface area contributed by atoms with Gasteiger partial charge in [0.25, 0.3) is 5.91 Å². The number of para-hydroxylation sites is 1. The number of amides is 1. The molecule has 2 aromatic rings. The third kappa shape index (κ3) is 3.71. The maximum absolute atomic E-state index is 13.2. The van der Waals surface area contributed by atoms with Crippen molar-refractivity contribution in [2.24, 2.45) is 10.9 Å². The summed E-state index contributed by atoms with van der Waals surface area (Å²) in [6.07, 6.45) is 2.47. The van der Waals surface area contributed by atoms with E-state index in [4.69, 9.17) is 4.99 Å². The molecule has 2 aromatic carbocycles. The van der Waals surface area contributed by atoms with E-state index >= 15 is 0 Å². The number of halogens is 1. The number of carbonyl (C=O) groups is 1. The highest BCUT2D eigenvalue weighted by Crippen LogP contribution is 2.32. The molecule has 0 aliphatic carbocycles. The van der Waals surface area contributed by atoms with Crippen LogP contribution in [0.4, 0.5) is 11.4 Å². The van der Waals surface area contributed by atoms with Crippen molar-refractivity contribution < 1.29 is 4.79 Å². The lowest BCUT2D eigenvalue weighted by molar-refractivity contribution is -0.112. The topological polar surface area (TPSA) is 35.9 Å². The van der Waals surface area contributed by atoms with E-state index in [0.717, 1.165) is 40.1 Å². The highest BCUT2D eigenvalue weighted by Gasteiger charge is 2.35. The van der Waals surface area contributed by atoms with Crippen molar-refractivity contribution >= 4 is 38.9 Å². The van der Waals surface area contributed by atoms with Crippen LogP contribution in [-0.4, -0.2) is 36.3 Å². The highest BCUT2D eigenvalue weighted by atomic mass is 79.9. The Bertz CT molecular complexity index is 908. The van der Waals surface area contributed by atoms with Crippen molar-refractivity contribution in [2.45, 2.75) is 26.7 Å². The fourth-order valence-electron chi connectivity index (χ4n) is 3.91. The summed E-state index contributed by atoms with van der Waals surface area (Å²) in [7, 11) is 0. The van der Waals surface area contributed by atoms with Crippen LogP contribution in [0.1, 0.15) is 30.9 Å². The summed E-state index contributed by atoms with van der Waals surface area (Å²) in [4.78, 5) is 22.2. The first-order chi connectivity index (χ1) is 13.0. The van der Waals surface area contributed by atoms with Crippen LogP contribution in [0, 0.1) is 12.8 Å². The van der Waals surface area contributed by atoms with E-state index in [2.05, 4.69) is 27.8 Å². The van der Waals surface area contributed by atoms with Crippen molar-refractivity contribution in [3.63, 3.8) is 0 Å². The maximum atomic E-state index is 13.2. The molecule has 0 saturated carbocycles. The Morgan fingerprint density at radius 1 is 1.22 bits per heavy atom. The van der Waals surface area contributed by atoms with Gasteiger partial charge in [-0.25, -0.2) is 4.99 Å². The first-order valence-corrected chi connectivity index (χ1v) is 10.3. The zero-order chi connectivity index (χ0) is 19.0. The third-order valence-corrected chi connectivity index (χ3v) is 6.23. The number of hydrogen-bond acceptors (Lipinski definition) is 3. The van der Waals surface area contributed by atoms with Crippen LogP contribution in [0.5, 0.6) is 0 Å². The van der Waals surface area contributed by atoms with E-state index in [1.807, 2.05) is 54.3 Å². The molecule has 0 aromatic heterocycles. The average molecular weight is 426 g/mol. The molecule has 2 aliphatic rings. The number of benzene rings is 2. The second-order valence-electron chi connectivity index (χ2n) is 7.61. The minimum absolute atomic E-state index is 0.00822. The van der Waals surface area contributed by atoms with Gasteiger partial charge in [0.2, 0.25) is 0 Å². The molecule has 0 N–H and O–H groups in total. The van der Waals surface area contributed by atoms with Gasteiger partial charge < -0.3 is 0 Å². The lowest BCUT2D eigenvalue weighted by Crippen LogP contribution is -2.45. The quantitative estimate of drug-likeness (QED) is 0.699. The molecule has 0 spiro atoms. The summed E-state index contributed by atoms with van der Waals surface area (Å²) >= 11 is 3.55. The van der Waals surface area contributed by atoms with Crippen molar-refractivity contribution in [1.29, 1.82) is 0 Å². The minimum Gasteiger partial charge on any atom is -0.293 e. The number of aliphatic imine (C=N–C) groups is 1. The first-order valence-electron chi connectivity index (χ1n) is 9.51. The molecule has 1 saturated heterocycles. The molecule has 2 heterocycles. The summed E-state index contributed by atoms with van der Waals surface area (Å²) < 4.78 is 1.00. The van der Waals surface area contributed by atoms with Gasteiger partial charge in [0.1, 0.15) is 5.71 Å². The lowest BCUT2D eigenvalue weighted by Gasteiger charge is -2.33. The zero-order valence-electron chi connectivity index (χ0n) is 15.8. The standard InChI is InChI=1S/C22H24BrN3O/c1-15-6-5-11-25(13-15)14-26-20-8-4-3-7-18(20)21(22(26)27)24-17-10-9-16(2)19(23)12-17/h3-4,7-10,12,15H,5-6,11,13-14H2,1-2H3. The Labute approximate surface area is 169 Å². The van der Waals surface area contributed by atoms with Gasteiger partial charge in [0, 0.05) is 16.6 Å². The number of fused-ring (bicyclic) bond motifs is 1. The summed E-state index contributed by atoms with van der Waals surface area (Å²) in [6, 6.07) is 13.9. The van der Waals surface area contributed by atoms with Crippen molar-refractivity contribution in [1.82, 2.24) is 4.90 Å². The molecule has 4 rings (SSSR count). The van der Waals surface area contributed by atoms with Gasteiger partial charge in [-0.2, -0.15) is 0 Å². The number of aryl methyl sites for hydroxylation is 1. The Morgan fingerprint density at radius 3 is 2.81 bits per heavy atom. The average Bonchev–Trinajstić information content (AvgIpc) is 2.91. The van der Waals surface area contributed by atoms with Crippen molar-refractivity contribution in [3.8, 4) is 0 Å². The molecule has 4 nitrogen and oxygen atoms in total. The summed E-state index contributed by atoms with van der Waals surface area (Å²) in [5, 5.41) is 0. The van der Waals surface area contributed by atoms with Gasteiger partial charge in [0.15, 0.2) is 0 Å². The molecule has 27 heavy (non-hydrogen) atoms. The number of likely N-dealkylation sites (tertiary alicyclic amines) is 1. The lowest BCUT2D eigenvalue weighted by atomic mass is 10.0. The third-order valence-electron chi connectivity index (χ3n) is 5.38. The van der Waals surface area contributed by atoms with Gasteiger partial charge in [-0.05, 0) is 56.0 Å². The molecule has 0 radical (unpaired) electrons. The summed E-state index contributed by atoms with van der Waals surface area (Å²) in [6.45, 7) is 7.06. The number of rotatable bonds is 3. The number of carbonyl (C=O) groups excluding carboxylic acids is 1. The normalized spacial score (nSPS) is 21.7. The number of nitrogens with zero attached hydrogens (tertiary/aromatic N) is 3. The zero-order valence-corrected chi connectivity index (χ0v) is 17.4. The largest absolute Gasteiger partial charge is 0.293 e. The van der Waals surface area contributed by atoms with Gasteiger partial charge >= 0.3 is 0 Å². The predicted molar refractivity (Wildman–Crippen MR) is 114 cm³/mol. The van der Waals surface area contributed by atoms with Gasteiger partial charge in [-0.3, -0.25) is 14.6 Å². The fourth-order valence-corrected chi connectivity index (χ4v) is 4.27. The van der Waals surface area contributed by atoms with E-state index in [0.29, 0.717) is 18.3 Å². The van der Waals surface area contributed by atoms with Gasteiger partial charge in [-0.1, -0.05) is 47.1 Å². The van der Waals surface area contributed by atoms with Crippen LogP contribution in [0.2, 0.25) is 0 Å². The van der Waals surface area contributed by atoms with Crippen LogP contribution in [0.3, 0.4) is 0 Å². The fraction of sp³-hybridized carbons (Fsp3) is 0.364. The second kappa shape index (κ2) is 7.56. The van der Waals surface area contributed by atoms with Crippen molar-refractivity contribution in [2.75, 3.05) is 24.7 Å². The first kappa shape index (κ1) is 18.4. The van der Waals surface area contributed by atoms with E-state index in [1.165, 1.54) is 12.8 Å². The predicted octanol–water partition coefficient (Wildman–Crippen LogP) is 4.91. The summed E-state index contributed by atoms with van der Waals surface area (Å²) in [5.74, 6) is 0.677.